The maximum absolute atomic E-state index is 9.14. The first kappa shape index (κ1) is 12.6. The fraction of sp³-hybridized carbons (Fsp3) is 0.0667. The Morgan fingerprint density at radius 3 is 2.71 bits per heavy atom. The summed E-state index contributed by atoms with van der Waals surface area (Å²) in [7, 11) is 0. The summed E-state index contributed by atoms with van der Waals surface area (Å²) in [6.07, 6.45) is 0. The third kappa shape index (κ3) is 2.26. The lowest BCUT2D eigenvalue weighted by Crippen LogP contribution is -1.96. The highest BCUT2D eigenvalue weighted by molar-refractivity contribution is 5.86. The minimum absolute atomic E-state index is 0.00889. The molecule has 3 rings (SSSR count). The molecule has 2 heterocycles. The number of benzene rings is 1. The number of fused-ring (bicyclic) bond motifs is 1. The van der Waals surface area contributed by atoms with Crippen LogP contribution >= 0.6 is 0 Å². The summed E-state index contributed by atoms with van der Waals surface area (Å²) in [5.74, 6) is 0.294. The van der Waals surface area contributed by atoms with E-state index in [4.69, 9.17) is 19.7 Å². The minimum Gasteiger partial charge on any atom is -0.442 e. The van der Waals surface area contributed by atoms with Gasteiger partial charge in [-0.05, 0) is 25.1 Å². The van der Waals surface area contributed by atoms with Gasteiger partial charge in [0.1, 0.15) is 23.4 Å². The maximum atomic E-state index is 9.14. The predicted octanol–water partition coefficient (Wildman–Crippen LogP) is 3.07. The number of hydrogen-bond donors (Lipinski definition) is 0. The smallest absolute Gasteiger partial charge is 0.323 e. The first-order valence-electron chi connectivity index (χ1n) is 6.06. The highest BCUT2D eigenvalue weighted by atomic mass is 16.5. The van der Waals surface area contributed by atoms with Crippen molar-refractivity contribution in [2.75, 3.05) is 0 Å². The molecule has 0 amide bonds. The van der Waals surface area contributed by atoms with Gasteiger partial charge in [0, 0.05) is 5.69 Å². The standard InChI is InChI=1S/C15H8N4O2/c1-9-6-10(7-16)19-15(18-9)21-14-11-4-2-3-5-12(11)20-13(14)8-17/h2-6H,1H3. The molecule has 1 aromatic carbocycles. The van der Waals surface area contributed by atoms with E-state index in [-0.39, 0.29) is 23.2 Å². The molecule has 3 aromatic rings. The van der Waals surface area contributed by atoms with Crippen LogP contribution in [0.1, 0.15) is 17.1 Å². The van der Waals surface area contributed by atoms with E-state index in [1.807, 2.05) is 18.2 Å². The van der Waals surface area contributed by atoms with Gasteiger partial charge in [-0.1, -0.05) is 12.1 Å². The lowest BCUT2D eigenvalue weighted by atomic mass is 10.2. The molecule has 0 N–H and O–H groups in total. The second-order valence-corrected chi connectivity index (χ2v) is 4.26. The zero-order valence-electron chi connectivity index (χ0n) is 11.0. The summed E-state index contributed by atoms with van der Waals surface area (Å²) >= 11 is 0. The molecule has 0 radical (unpaired) electrons. The Morgan fingerprint density at radius 2 is 1.95 bits per heavy atom. The second-order valence-electron chi connectivity index (χ2n) is 4.26. The molecule has 0 aliphatic heterocycles. The fourth-order valence-corrected chi connectivity index (χ4v) is 1.93. The van der Waals surface area contributed by atoms with Crippen LogP contribution in [0.15, 0.2) is 34.7 Å². The van der Waals surface area contributed by atoms with Crippen LogP contribution in [0.2, 0.25) is 0 Å². The Morgan fingerprint density at radius 1 is 1.14 bits per heavy atom. The van der Waals surface area contributed by atoms with E-state index in [0.29, 0.717) is 16.7 Å². The van der Waals surface area contributed by atoms with Crippen LogP contribution in [-0.4, -0.2) is 9.97 Å². The number of rotatable bonds is 2. The Kier molecular flexibility index (Phi) is 2.98. The zero-order valence-corrected chi connectivity index (χ0v) is 11.0. The van der Waals surface area contributed by atoms with E-state index in [1.165, 1.54) is 0 Å². The fourth-order valence-electron chi connectivity index (χ4n) is 1.93. The summed E-state index contributed by atoms with van der Waals surface area (Å²) in [5.41, 5.74) is 1.34. The summed E-state index contributed by atoms with van der Waals surface area (Å²) in [4.78, 5) is 8.07. The lowest BCUT2D eigenvalue weighted by Gasteiger charge is -2.03. The first-order chi connectivity index (χ1) is 10.2. The monoisotopic (exact) mass is 276 g/mol. The Balaban J connectivity index is 2.12. The van der Waals surface area contributed by atoms with E-state index in [1.54, 1.807) is 31.2 Å². The van der Waals surface area contributed by atoms with Gasteiger partial charge < -0.3 is 9.15 Å². The Bertz CT molecular complexity index is 916. The quantitative estimate of drug-likeness (QED) is 0.713. The molecule has 6 nitrogen and oxygen atoms in total. The van der Waals surface area contributed by atoms with Gasteiger partial charge in [0.2, 0.25) is 5.76 Å². The minimum atomic E-state index is 0.00889. The molecule has 0 fully saturated rings. The second kappa shape index (κ2) is 4.95. The number of aromatic nitrogens is 2. The number of para-hydroxylation sites is 1. The van der Waals surface area contributed by atoms with E-state index in [2.05, 4.69) is 9.97 Å². The molecule has 0 aliphatic carbocycles. The third-order valence-electron chi connectivity index (χ3n) is 2.79. The van der Waals surface area contributed by atoms with Gasteiger partial charge in [0.05, 0.1) is 5.39 Å². The van der Waals surface area contributed by atoms with Crippen LogP contribution < -0.4 is 4.74 Å². The van der Waals surface area contributed by atoms with Gasteiger partial charge in [-0.15, -0.1) is 0 Å². The molecule has 0 bridgehead atoms. The van der Waals surface area contributed by atoms with Crippen molar-refractivity contribution in [2.45, 2.75) is 6.92 Å². The van der Waals surface area contributed by atoms with Crippen LogP contribution in [0, 0.1) is 29.6 Å². The summed E-state index contributed by atoms with van der Waals surface area (Å²) < 4.78 is 11.0. The molecule has 2 aromatic heterocycles. The largest absolute Gasteiger partial charge is 0.442 e. The maximum Gasteiger partial charge on any atom is 0.323 e. The Hall–Kier alpha value is -3.38. The van der Waals surface area contributed by atoms with Gasteiger partial charge >= 0.3 is 6.01 Å². The number of furan rings is 1. The number of ether oxygens (including phenoxy) is 1. The number of nitriles is 2. The predicted molar refractivity (Wildman–Crippen MR) is 72.5 cm³/mol. The number of hydrogen-bond acceptors (Lipinski definition) is 6. The summed E-state index contributed by atoms with van der Waals surface area (Å²) in [6.45, 7) is 1.73. The van der Waals surface area contributed by atoms with Gasteiger partial charge in [-0.25, -0.2) is 4.98 Å². The van der Waals surface area contributed by atoms with Crippen molar-refractivity contribution in [3.8, 4) is 23.9 Å². The van der Waals surface area contributed by atoms with Crippen molar-refractivity contribution in [2.24, 2.45) is 0 Å². The molecule has 6 heteroatoms. The van der Waals surface area contributed by atoms with Crippen LogP contribution in [0.5, 0.6) is 11.8 Å². The number of aryl methyl sites for hydroxylation is 1. The first-order valence-corrected chi connectivity index (χ1v) is 6.06. The van der Waals surface area contributed by atoms with Gasteiger partial charge in [0.15, 0.2) is 5.75 Å². The zero-order chi connectivity index (χ0) is 14.8. The van der Waals surface area contributed by atoms with E-state index in [9.17, 15) is 0 Å². The molecule has 0 spiro atoms. The van der Waals surface area contributed by atoms with Gasteiger partial charge in [-0.3, -0.25) is 0 Å². The van der Waals surface area contributed by atoms with Crippen molar-refractivity contribution < 1.29 is 9.15 Å². The van der Waals surface area contributed by atoms with E-state index in [0.717, 1.165) is 0 Å². The SMILES string of the molecule is Cc1cc(C#N)nc(Oc2c(C#N)oc3ccccc23)n1. The summed E-state index contributed by atoms with van der Waals surface area (Å²) in [6, 6.07) is 12.5. The molecule has 0 aliphatic rings. The van der Waals surface area contributed by atoms with Crippen molar-refractivity contribution in [3.63, 3.8) is 0 Å². The molecule has 0 saturated carbocycles. The van der Waals surface area contributed by atoms with E-state index < -0.39 is 0 Å². The number of nitrogens with zero attached hydrogens (tertiary/aromatic N) is 4. The Labute approximate surface area is 119 Å². The lowest BCUT2D eigenvalue weighted by molar-refractivity contribution is 0.430. The molecule has 0 saturated heterocycles. The summed E-state index contributed by atoms with van der Waals surface area (Å²) in [5, 5.41) is 18.7. The van der Waals surface area contributed by atoms with Gasteiger partial charge in [-0.2, -0.15) is 15.5 Å². The van der Waals surface area contributed by atoms with E-state index >= 15 is 0 Å². The topological polar surface area (TPSA) is 95.7 Å². The molecular formula is C15H8N4O2. The molecule has 0 atom stereocenters. The normalized spacial score (nSPS) is 10.0. The molecule has 100 valence electrons. The van der Waals surface area contributed by atoms with Gasteiger partial charge in [0.25, 0.3) is 0 Å². The third-order valence-corrected chi connectivity index (χ3v) is 2.79. The van der Waals surface area contributed by atoms with Crippen LogP contribution in [0.3, 0.4) is 0 Å². The van der Waals surface area contributed by atoms with Crippen molar-refractivity contribution in [1.29, 1.82) is 10.5 Å². The molecule has 21 heavy (non-hydrogen) atoms. The highest BCUT2D eigenvalue weighted by Gasteiger charge is 2.17. The average Bonchev–Trinajstić information content (AvgIpc) is 2.85. The van der Waals surface area contributed by atoms with Crippen molar-refractivity contribution in [3.05, 3.63) is 47.5 Å². The van der Waals surface area contributed by atoms with Crippen LogP contribution in [0.4, 0.5) is 0 Å². The van der Waals surface area contributed by atoms with Crippen LogP contribution in [-0.2, 0) is 0 Å². The van der Waals surface area contributed by atoms with Crippen molar-refractivity contribution >= 4 is 11.0 Å². The molecule has 0 unspecified atom stereocenters. The van der Waals surface area contributed by atoms with Crippen LogP contribution in [0.25, 0.3) is 11.0 Å². The highest BCUT2D eigenvalue weighted by Crippen LogP contribution is 2.34. The van der Waals surface area contributed by atoms with Crippen molar-refractivity contribution in [1.82, 2.24) is 9.97 Å². The average molecular weight is 276 g/mol. The molecular weight excluding hydrogens is 268 g/mol.